The van der Waals surface area contributed by atoms with Gasteiger partial charge in [0.1, 0.15) is 12.4 Å². The second-order valence-corrected chi connectivity index (χ2v) is 5.19. The maximum Gasteiger partial charge on any atom is 0.231 e. The third-order valence-electron chi connectivity index (χ3n) is 3.62. The summed E-state index contributed by atoms with van der Waals surface area (Å²) in [5.74, 6) is 1.92. The Morgan fingerprint density at radius 1 is 1.18 bits per heavy atom. The van der Waals surface area contributed by atoms with E-state index in [9.17, 15) is 4.39 Å². The molecule has 0 bridgehead atoms. The van der Waals surface area contributed by atoms with Gasteiger partial charge >= 0.3 is 0 Å². The Morgan fingerprint density at radius 3 is 2.91 bits per heavy atom. The monoisotopic (exact) mass is 304 g/mol. The fraction of sp³-hybridized carbons (Fsp3) is 0.294. The van der Waals surface area contributed by atoms with Gasteiger partial charge in [0.05, 0.1) is 13.7 Å². The van der Waals surface area contributed by atoms with E-state index in [1.807, 2.05) is 18.2 Å². The summed E-state index contributed by atoms with van der Waals surface area (Å²) >= 11 is 0. The molecular formula is C17H19FNO3+. The van der Waals surface area contributed by atoms with Gasteiger partial charge in [-0.1, -0.05) is 12.1 Å². The lowest BCUT2D eigenvalue weighted by molar-refractivity contribution is -0.670. The number of ether oxygens (including phenoxy) is 3. The van der Waals surface area contributed by atoms with Crippen molar-refractivity contribution in [1.82, 2.24) is 0 Å². The van der Waals surface area contributed by atoms with Crippen LogP contribution < -0.4 is 19.5 Å². The predicted molar refractivity (Wildman–Crippen MR) is 79.7 cm³/mol. The molecule has 2 N–H and O–H groups in total. The van der Waals surface area contributed by atoms with Gasteiger partial charge in [-0.25, -0.2) is 4.39 Å². The van der Waals surface area contributed by atoms with Crippen LogP contribution in [0.2, 0.25) is 0 Å². The molecule has 1 aliphatic heterocycles. The summed E-state index contributed by atoms with van der Waals surface area (Å²) < 4.78 is 29.2. The molecule has 0 unspecified atom stereocenters. The number of hydrogen-bond donors (Lipinski definition) is 1. The Hall–Kier alpha value is -2.27. The lowest BCUT2D eigenvalue weighted by atomic mass is 10.1. The van der Waals surface area contributed by atoms with Crippen LogP contribution in [0.15, 0.2) is 36.4 Å². The Morgan fingerprint density at radius 2 is 2.09 bits per heavy atom. The molecular weight excluding hydrogens is 285 g/mol. The van der Waals surface area contributed by atoms with Crippen molar-refractivity contribution in [3.8, 4) is 17.2 Å². The van der Waals surface area contributed by atoms with Crippen molar-refractivity contribution in [2.24, 2.45) is 0 Å². The minimum absolute atomic E-state index is 0.182. The van der Waals surface area contributed by atoms with E-state index in [-0.39, 0.29) is 12.6 Å². The van der Waals surface area contributed by atoms with Gasteiger partial charge in [-0.05, 0) is 29.8 Å². The number of hydrogen-bond acceptors (Lipinski definition) is 3. The highest BCUT2D eigenvalue weighted by atomic mass is 19.1. The van der Waals surface area contributed by atoms with Gasteiger partial charge in [-0.3, -0.25) is 0 Å². The summed E-state index contributed by atoms with van der Waals surface area (Å²) in [6, 6.07) is 10.7. The van der Waals surface area contributed by atoms with Crippen molar-refractivity contribution in [1.29, 1.82) is 0 Å². The van der Waals surface area contributed by atoms with Gasteiger partial charge in [0, 0.05) is 12.0 Å². The van der Waals surface area contributed by atoms with E-state index in [1.54, 1.807) is 19.2 Å². The number of methoxy groups -OCH3 is 1. The molecule has 0 amide bonds. The molecule has 2 aromatic rings. The zero-order chi connectivity index (χ0) is 15.4. The lowest BCUT2D eigenvalue weighted by Gasteiger charge is -2.08. The van der Waals surface area contributed by atoms with Crippen molar-refractivity contribution in [2.75, 3.05) is 20.4 Å². The second-order valence-electron chi connectivity index (χ2n) is 5.19. The van der Waals surface area contributed by atoms with Gasteiger partial charge in [0.15, 0.2) is 11.5 Å². The molecule has 116 valence electrons. The molecule has 2 aromatic carbocycles. The molecule has 0 saturated carbocycles. The first-order valence-corrected chi connectivity index (χ1v) is 7.29. The van der Waals surface area contributed by atoms with E-state index in [0.717, 1.165) is 36.4 Å². The largest absolute Gasteiger partial charge is 0.493 e. The highest BCUT2D eigenvalue weighted by Crippen LogP contribution is 2.41. The zero-order valence-corrected chi connectivity index (χ0v) is 12.5. The van der Waals surface area contributed by atoms with Crippen LogP contribution in [0.1, 0.15) is 11.1 Å². The van der Waals surface area contributed by atoms with E-state index < -0.39 is 0 Å². The van der Waals surface area contributed by atoms with Gasteiger partial charge in [0.2, 0.25) is 12.5 Å². The van der Waals surface area contributed by atoms with Gasteiger partial charge in [-0.15, -0.1) is 0 Å². The van der Waals surface area contributed by atoms with E-state index in [0.29, 0.717) is 11.5 Å². The predicted octanol–water partition coefficient (Wildman–Crippen LogP) is 1.87. The van der Waals surface area contributed by atoms with Gasteiger partial charge in [-0.2, -0.15) is 0 Å². The molecule has 4 nitrogen and oxygen atoms in total. The Labute approximate surface area is 128 Å². The molecule has 0 saturated heterocycles. The average Bonchev–Trinajstić information content (AvgIpc) is 2.99. The van der Waals surface area contributed by atoms with Crippen molar-refractivity contribution in [2.45, 2.75) is 13.0 Å². The molecule has 0 radical (unpaired) electrons. The molecule has 1 heterocycles. The van der Waals surface area contributed by atoms with Crippen molar-refractivity contribution in [3.05, 3.63) is 53.3 Å². The molecule has 0 fully saturated rings. The van der Waals surface area contributed by atoms with Crippen LogP contribution in [0.5, 0.6) is 17.2 Å². The Bertz CT molecular complexity index is 660. The van der Waals surface area contributed by atoms with Crippen LogP contribution in [0.25, 0.3) is 0 Å². The third-order valence-corrected chi connectivity index (χ3v) is 3.62. The summed E-state index contributed by atoms with van der Waals surface area (Å²) in [6.07, 6.45) is 0.833. The zero-order valence-electron chi connectivity index (χ0n) is 12.5. The van der Waals surface area contributed by atoms with E-state index in [4.69, 9.17) is 14.2 Å². The molecule has 1 aliphatic rings. The number of nitrogens with two attached hydrogens (primary N) is 1. The summed E-state index contributed by atoms with van der Waals surface area (Å²) in [5.41, 5.74) is 2.12. The first-order chi connectivity index (χ1) is 10.8. The second kappa shape index (κ2) is 6.66. The maximum absolute atomic E-state index is 13.1. The highest BCUT2D eigenvalue weighted by molar-refractivity contribution is 5.54. The first kappa shape index (κ1) is 14.7. The quantitative estimate of drug-likeness (QED) is 0.829. The van der Waals surface area contributed by atoms with Crippen molar-refractivity contribution < 1.29 is 23.9 Å². The lowest BCUT2D eigenvalue weighted by Crippen LogP contribution is -2.83. The van der Waals surface area contributed by atoms with Crippen LogP contribution in [-0.4, -0.2) is 20.4 Å². The van der Waals surface area contributed by atoms with E-state index in [2.05, 4.69) is 5.32 Å². The molecule has 0 spiro atoms. The number of benzene rings is 2. The minimum atomic E-state index is -0.182. The van der Waals surface area contributed by atoms with Crippen LogP contribution in [0.4, 0.5) is 4.39 Å². The fourth-order valence-electron chi connectivity index (χ4n) is 2.53. The SMILES string of the molecule is COc1cc(C[NH2+]CCc2cccc(F)c2)cc2c1OCO2. The molecule has 3 rings (SSSR count). The molecule has 5 heteroatoms. The number of quaternary nitrogens is 1. The first-order valence-electron chi connectivity index (χ1n) is 7.29. The molecule has 0 atom stereocenters. The number of halogens is 1. The van der Waals surface area contributed by atoms with E-state index in [1.165, 1.54) is 6.07 Å². The van der Waals surface area contributed by atoms with E-state index >= 15 is 0 Å². The fourth-order valence-corrected chi connectivity index (χ4v) is 2.53. The average molecular weight is 304 g/mol. The van der Waals surface area contributed by atoms with Crippen LogP contribution >= 0.6 is 0 Å². The summed E-state index contributed by atoms with van der Waals surface area (Å²) in [7, 11) is 1.62. The van der Waals surface area contributed by atoms with Gasteiger partial charge < -0.3 is 19.5 Å². The normalized spacial score (nSPS) is 12.5. The topological polar surface area (TPSA) is 44.3 Å². The Kier molecular flexibility index (Phi) is 4.44. The standard InChI is InChI=1S/C17H18FNO3/c1-20-15-8-13(9-16-17(15)22-11-21-16)10-19-6-5-12-3-2-4-14(18)7-12/h2-4,7-9,19H,5-6,10-11H2,1H3/p+1. The number of fused-ring (bicyclic) bond motifs is 1. The Balaban J connectivity index is 1.56. The van der Waals surface area contributed by atoms with Crippen molar-refractivity contribution >= 4 is 0 Å². The summed E-state index contributed by atoms with van der Waals surface area (Å²) in [6.45, 7) is 1.93. The highest BCUT2D eigenvalue weighted by Gasteiger charge is 2.20. The maximum atomic E-state index is 13.1. The molecule has 0 aromatic heterocycles. The van der Waals surface area contributed by atoms with Gasteiger partial charge in [0.25, 0.3) is 0 Å². The van der Waals surface area contributed by atoms with Crippen LogP contribution in [0, 0.1) is 5.82 Å². The van der Waals surface area contributed by atoms with Crippen molar-refractivity contribution in [3.63, 3.8) is 0 Å². The minimum Gasteiger partial charge on any atom is -0.493 e. The summed E-state index contributed by atoms with van der Waals surface area (Å²) in [5, 5.41) is 2.18. The summed E-state index contributed by atoms with van der Waals surface area (Å²) in [4.78, 5) is 0. The molecule has 0 aliphatic carbocycles. The van der Waals surface area contributed by atoms with Crippen LogP contribution in [0.3, 0.4) is 0 Å². The van der Waals surface area contributed by atoms with Crippen LogP contribution in [-0.2, 0) is 13.0 Å². The smallest absolute Gasteiger partial charge is 0.231 e. The molecule has 22 heavy (non-hydrogen) atoms. The number of rotatable bonds is 6. The third kappa shape index (κ3) is 3.31.